The van der Waals surface area contributed by atoms with Gasteiger partial charge in [-0.05, 0) is 54.8 Å². The number of nitrogens with zero attached hydrogens (tertiary/aromatic N) is 1. The zero-order chi connectivity index (χ0) is 24.5. The van der Waals surface area contributed by atoms with Gasteiger partial charge in [-0.15, -0.1) is 0 Å². The third-order valence-electron chi connectivity index (χ3n) is 5.93. The lowest BCUT2D eigenvalue weighted by Gasteiger charge is -2.13. The summed E-state index contributed by atoms with van der Waals surface area (Å²) in [5, 5.41) is 6.90. The van der Waals surface area contributed by atoms with E-state index in [1.54, 1.807) is 19.1 Å². The molecule has 0 radical (unpaired) electrons. The van der Waals surface area contributed by atoms with Crippen molar-refractivity contribution < 1.29 is 18.7 Å². The van der Waals surface area contributed by atoms with Crippen molar-refractivity contribution in [2.24, 2.45) is 5.10 Å². The Labute approximate surface area is 211 Å². The Bertz CT molecular complexity index is 1500. The van der Waals surface area contributed by atoms with E-state index in [9.17, 15) is 9.59 Å². The highest BCUT2D eigenvalue weighted by Crippen LogP contribution is 2.32. The highest BCUT2D eigenvalue weighted by atomic mass is 35.5. The largest absolute Gasteiger partial charge is 0.453 e. The number of carbonyl (C=O) groups excluding carboxylic acids is 2. The van der Waals surface area contributed by atoms with Crippen molar-refractivity contribution in [1.29, 1.82) is 0 Å². The van der Waals surface area contributed by atoms with Gasteiger partial charge in [-0.2, -0.15) is 5.10 Å². The molecule has 1 aliphatic carbocycles. The van der Waals surface area contributed by atoms with E-state index in [0.29, 0.717) is 40.5 Å². The Hall–Kier alpha value is -3.61. The van der Waals surface area contributed by atoms with Gasteiger partial charge in [0.05, 0.1) is 10.7 Å². The fraction of sp³-hybridized carbons (Fsp3) is 0.148. The lowest BCUT2D eigenvalue weighted by Crippen LogP contribution is -2.22. The van der Waals surface area contributed by atoms with Crippen molar-refractivity contribution >= 4 is 51.6 Å². The van der Waals surface area contributed by atoms with Gasteiger partial charge in [-0.1, -0.05) is 59.6 Å². The minimum atomic E-state index is -0.666. The third-order valence-corrected chi connectivity index (χ3v) is 6.46. The number of fused-ring (bicyclic) bond motifs is 2. The maximum atomic E-state index is 12.9. The summed E-state index contributed by atoms with van der Waals surface area (Å²) in [6.45, 7) is 1.77. The average Bonchev–Trinajstić information content (AvgIpc) is 3.21. The van der Waals surface area contributed by atoms with E-state index in [2.05, 4.69) is 10.5 Å². The van der Waals surface area contributed by atoms with Crippen LogP contribution in [0.4, 0.5) is 0 Å². The Morgan fingerprint density at radius 2 is 1.83 bits per heavy atom. The first kappa shape index (κ1) is 23.1. The molecule has 0 unspecified atom stereocenters. The molecule has 0 saturated heterocycles. The van der Waals surface area contributed by atoms with E-state index in [-0.39, 0.29) is 22.4 Å². The van der Waals surface area contributed by atoms with Gasteiger partial charge in [0.15, 0.2) is 0 Å². The number of hydrazone groups is 1. The van der Waals surface area contributed by atoms with E-state index in [0.717, 1.165) is 22.8 Å². The topological polar surface area (TPSA) is 80.9 Å². The Morgan fingerprint density at radius 1 is 1.03 bits per heavy atom. The molecule has 176 valence electrons. The number of amides is 1. The van der Waals surface area contributed by atoms with E-state index in [4.69, 9.17) is 32.4 Å². The van der Waals surface area contributed by atoms with Crippen molar-refractivity contribution in [2.75, 3.05) is 0 Å². The summed E-state index contributed by atoms with van der Waals surface area (Å²) in [5.41, 5.74) is 5.21. The van der Waals surface area contributed by atoms with Crippen LogP contribution in [0.15, 0.2) is 70.2 Å². The van der Waals surface area contributed by atoms with Gasteiger partial charge in [0.25, 0.3) is 5.91 Å². The van der Waals surface area contributed by atoms with Crippen LogP contribution >= 0.6 is 23.2 Å². The first-order valence-electron chi connectivity index (χ1n) is 11.1. The fourth-order valence-electron chi connectivity index (χ4n) is 4.28. The zero-order valence-electron chi connectivity index (χ0n) is 18.7. The van der Waals surface area contributed by atoms with Crippen molar-refractivity contribution in [3.8, 4) is 5.75 Å². The predicted molar refractivity (Wildman–Crippen MR) is 136 cm³/mol. The number of ether oxygens (including phenoxy) is 1. The number of aryl methyl sites for hydroxylation is 1. The second-order valence-electron chi connectivity index (χ2n) is 8.20. The van der Waals surface area contributed by atoms with Crippen LogP contribution in [0.2, 0.25) is 10.0 Å². The van der Waals surface area contributed by atoms with Gasteiger partial charge in [0.1, 0.15) is 11.5 Å². The van der Waals surface area contributed by atoms with Crippen LogP contribution in [0.5, 0.6) is 5.75 Å². The minimum absolute atomic E-state index is 0.0796. The summed E-state index contributed by atoms with van der Waals surface area (Å²) in [5.74, 6) is -0.0667. The zero-order valence-corrected chi connectivity index (χ0v) is 20.2. The van der Waals surface area contributed by atoms with E-state index >= 15 is 0 Å². The molecule has 0 aliphatic heterocycles. The Balaban J connectivity index is 1.41. The summed E-state index contributed by atoms with van der Waals surface area (Å²) in [6, 6.07) is 17.9. The predicted octanol–water partition coefficient (Wildman–Crippen LogP) is 6.74. The van der Waals surface area contributed by atoms with E-state index in [1.165, 1.54) is 12.1 Å². The molecule has 5 rings (SSSR count). The maximum Gasteiger partial charge on any atom is 0.379 e. The second kappa shape index (κ2) is 9.56. The summed E-state index contributed by atoms with van der Waals surface area (Å²) in [6.07, 6.45) is 2.07. The van der Waals surface area contributed by atoms with Crippen molar-refractivity contribution in [3.05, 3.63) is 98.9 Å². The SMILES string of the molecule is Cc1c(C(=O)Oc2ccc(Cl)cc2Cl)oc2c1/C(=N/NC(=O)c1cccc3ccccc13)CCC2. The standard InChI is InChI=1S/C27H20Cl2N2O4/c1-15-24-21(30-31-26(32)19-9-4-7-16-6-2-3-8-18(16)19)10-5-11-23(24)34-25(15)27(33)35-22-13-12-17(28)14-20(22)29/h2-4,6-9,12-14H,5,10-11H2,1H3,(H,31,32)/b30-21+. The van der Waals surface area contributed by atoms with Crippen LogP contribution in [0.3, 0.4) is 0 Å². The smallest absolute Gasteiger partial charge is 0.379 e. The molecule has 1 aliphatic rings. The number of hydrogen-bond donors (Lipinski definition) is 1. The molecule has 8 heteroatoms. The normalized spacial score (nSPS) is 14.1. The lowest BCUT2D eigenvalue weighted by molar-refractivity contribution is 0.0698. The fourth-order valence-corrected chi connectivity index (χ4v) is 4.73. The summed E-state index contributed by atoms with van der Waals surface area (Å²) in [4.78, 5) is 25.8. The molecule has 0 spiro atoms. The minimum Gasteiger partial charge on any atom is -0.453 e. The third kappa shape index (κ3) is 4.55. The number of furan rings is 1. The molecule has 35 heavy (non-hydrogen) atoms. The second-order valence-corrected chi connectivity index (χ2v) is 9.04. The molecule has 3 aromatic carbocycles. The van der Waals surface area contributed by atoms with Crippen molar-refractivity contribution in [1.82, 2.24) is 5.43 Å². The summed E-state index contributed by atoms with van der Waals surface area (Å²) < 4.78 is 11.3. The van der Waals surface area contributed by atoms with Crippen LogP contribution in [0.1, 0.15) is 50.6 Å². The molecular weight excluding hydrogens is 487 g/mol. The molecule has 1 N–H and O–H groups in total. The highest BCUT2D eigenvalue weighted by Gasteiger charge is 2.29. The molecule has 1 aromatic heterocycles. The van der Waals surface area contributed by atoms with Crippen LogP contribution < -0.4 is 10.2 Å². The van der Waals surface area contributed by atoms with Crippen molar-refractivity contribution in [2.45, 2.75) is 26.2 Å². The molecule has 4 aromatic rings. The lowest BCUT2D eigenvalue weighted by atomic mass is 9.93. The number of rotatable bonds is 4. The number of benzene rings is 3. The molecule has 0 saturated carbocycles. The summed E-state index contributed by atoms with van der Waals surface area (Å²) >= 11 is 12.0. The van der Waals surface area contributed by atoms with Crippen LogP contribution in [0.25, 0.3) is 10.8 Å². The first-order valence-corrected chi connectivity index (χ1v) is 11.8. The van der Waals surface area contributed by atoms with Crippen LogP contribution in [-0.2, 0) is 6.42 Å². The number of carbonyl (C=O) groups is 2. The monoisotopic (exact) mass is 506 g/mol. The molecule has 6 nitrogen and oxygen atoms in total. The van der Waals surface area contributed by atoms with Gasteiger partial charge in [0.2, 0.25) is 5.76 Å². The quantitative estimate of drug-likeness (QED) is 0.189. The molecule has 0 atom stereocenters. The van der Waals surface area contributed by atoms with E-state index < -0.39 is 5.97 Å². The molecule has 1 amide bonds. The van der Waals surface area contributed by atoms with Gasteiger partial charge in [-0.25, -0.2) is 10.2 Å². The van der Waals surface area contributed by atoms with Gasteiger partial charge >= 0.3 is 5.97 Å². The number of hydrogen-bond acceptors (Lipinski definition) is 5. The molecule has 0 bridgehead atoms. The van der Waals surface area contributed by atoms with Crippen molar-refractivity contribution in [3.63, 3.8) is 0 Å². The van der Waals surface area contributed by atoms with Crippen LogP contribution in [0, 0.1) is 6.92 Å². The Kier molecular flexibility index (Phi) is 6.32. The molecule has 0 fully saturated rings. The summed E-state index contributed by atoms with van der Waals surface area (Å²) in [7, 11) is 0. The Morgan fingerprint density at radius 3 is 2.66 bits per heavy atom. The number of halogens is 2. The highest BCUT2D eigenvalue weighted by molar-refractivity contribution is 6.35. The average molecular weight is 507 g/mol. The first-order chi connectivity index (χ1) is 16.9. The number of nitrogens with one attached hydrogen (secondary N) is 1. The maximum absolute atomic E-state index is 12.9. The molecule has 1 heterocycles. The van der Waals surface area contributed by atoms with Gasteiger partial charge < -0.3 is 9.15 Å². The molecular formula is C27H20Cl2N2O4. The van der Waals surface area contributed by atoms with Crippen LogP contribution in [-0.4, -0.2) is 17.6 Å². The number of esters is 1. The van der Waals surface area contributed by atoms with Gasteiger partial charge in [0, 0.05) is 28.1 Å². The van der Waals surface area contributed by atoms with Gasteiger partial charge in [-0.3, -0.25) is 4.79 Å². The van der Waals surface area contributed by atoms with E-state index in [1.807, 2.05) is 36.4 Å².